The van der Waals surface area contributed by atoms with Crippen molar-refractivity contribution >= 4 is 0 Å². The second-order valence-corrected chi connectivity index (χ2v) is 4.32. The van der Waals surface area contributed by atoms with Gasteiger partial charge in [-0.1, -0.05) is 12.1 Å². The summed E-state index contributed by atoms with van der Waals surface area (Å²) in [6.45, 7) is 3.11. The number of rotatable bonds is 4. The highest BCUT2D eigenvalue weighted by molar-refractivity contribution is 5.32. The monoisotopic (exact) mass is 200 g/mol. The van der Waals surface area contributed by atoms with Crippen molar-refractivity contribution < 1.29 is 0 Å². The SMILES string of the molecule is CC(NCc1cccc(C#N)c1)C1CC1. The van der Waals surface area contributed by atoms with Gasteiger partial charge < -0.3 is 5.32 Å². The van der Waals surface area contributed by atoms with Crippen molar-refractivity contribution in [2.75, 3.05) is 0 Å². The zero-order chi connectivity index (χ0) is 10.7. The van der Waals surface area contributed by atoms with Gasteiger partial charge in [0.1, 0.15) is 0 Å². The first kappa shape index (κ1) is 10.2. The van der Waals surface area contributed by atoms with E-state index >= 15 is 0 Å². The molecule has 0 radical (unpaired) electrons. The van der Waals surface area contributed by atoms with Crippen LogP contribution in [0.25, 0.3) is 0 Å². The Morgan fingerprint density at radius 2 is 2.33 bits per heavy atom. The van der Waals surface area contributed by atoms with E-state index < -0.39 is 0 Å². The lowest BCUT2D eigenvalue weighted by Crippen LogP contribution is -2.27. The summed E-state index contributed by atoms with van der Waals surface area (Å²) < 4.78 is 0. The fraction of sp³-hybridized carbons (Fsp3) is 0.462. The van der Waals surface area contributed by atoms with Crippen molar-refractivity contribution in [3.05, 3.63) is 35.4 Å². The van der Waals surface area contributed by atoms with Crippen molar-refractivity contribution in [1.29, 1.82) is 5.26 Å². The van der Waals surface area contributed by atoms with Crippen LogP contribution in [-0.2, 0) is 6.54 Å². The van der Waals surface area contributed by atoms with Crippen molar-refractivity contribution in [1.82, 2.24) is 5.32 Å². The van der Waals surface area contributed by atoms with E-state index in [9.17, 15) is 0 Å². The summed E-state index contributed by atoms with van der Waals surface area (Å²) in [6, 6.07) is 10.6. The molecule has 1 saturated carbocycles. The Balaban J connectivity index is 1.89. The number of nitrogens with one attached hydrogen (secondary N) is 1. The molecule has 0 spiro atoms. The number of hydrogen-bond donors (Lipinski definition) is 1. The average Bonchev–Trinajstić information content (AvgIpc) is 3.10. The van der Waals surface area contributed by atoms with E-state index in [2.05, 4.69) is 24.4 Å². The zero-order valence-corrected chi connectivity index (χ0v) is 9.03. The normalized spacial score (nSPS) is 17.1. The highest BCUT2D eigenvalue weighted by atomic mass is 14.9. The number of benzene rings is 1. The maximum Gasteiger partial charge on any atom is 0.0991 e. The van der Waals surface area contributed by atoms with Gasteiger partial charge in [-0.15, -0.1) is 0 Å². The first-order valence-electron chi connectivity index (χ1n) is 5.52. The molecule has 0 heterocycles. The Bertz CT molecular complexity index is 374. The molecule has 0 saturated heterocycles. The molecule has 0 bridgehead atoms. The summed E-state index contributed by atoms with van der Waals surface area (Å²) in [5.74, 6) is 0.879. The minimum Gasteiger partial charge on any atom is -0.310 e. The standard InChI is InChI=1S/C13H16N2/c1-10(13-5-6-13)15-9-12-4-2-3-11(7-12)8-14/h2-4,7,10,13,15H,5-6,9H2,1H3. The second kappa shape index (κ2) is 4.46. The minimum atomic E-state index is 0.607. The summed E-state index contributed by atoms with van der Waals surface area (Å²) in [4.78, 5) is 0. The van der Waals surface area contributed by atoms with Crippen LogP contribution in [-0.4, -0.2) is 6.04 Å². The maximum atomic E-state index is 8.77. The van der Waals surface area contributed by atoms with Gasteiger partial charge >= 0.3 is 0 Å². The third-order valence-electron chi connectivity index (χ3n) is 3.01. The minimum absolute atomic E-state index is 0.607. The van der Waals surface area contributed by atoms with E-state index in [-0.39, 0.29) is 0 Å². The largest absolute Gasteiger partial charge is 0.310 e. The van der Waals surface area contributed by atoms with Crippen LogP contribution < -0.4 is 5.32 Å². The molecule has 1 unspecified atom stereocenters. The Kier molecular flexibility index (Phi) is 3.03. The van der Waals surface area contributed by atoms with Crippen molar-refractivity contribution in [3.63, 3.8) is 0 Å². The summed E-state index contributed by atoms with van der Waals surface area (Å²) in [6.07, 6.45) is 2.73. The van der Waals surface area contributed by atoms with E-state index in [4.69, 9.17) is 5.26 Å². The lowest BCUT2D eigenvalue weighted by atomic mass is 10.1. The Hall–Kier alpha value is -1.33. The molecule has 2 rings (SSSR count). The topological polar surface area (TPSA) is 35.8 Å². The molecule has 2 nitrogen and oxygen atoms in total. The molecule has 0 aromatic heterocycles. The molecule has 1 aromatic carbocycles. The predicted octanol–water partition coefficient (Wildman–Crippen LogP) is 2.45. The van der Waals surface area contributed by atoms with Gasteiger partial charge in [0.15, 0.2) is 0 Å². The van der Waals surface area contributed by atoms with E-state index in [1.807, 2.05) is 18.2 Å². The number of nitriles is 1. The molecule has 1 aliphatic rings. The van der Waals surface area contributed by atoms with Gasteiger partial charge in [0, 0.05) is 12.6 Å². The summed E-state index contributed by atoms with van der Waals surface area (Å²) in [7, 11) is 0. The van der Waals surface area contributed by atoms with Crippen molar-refractivity contribution in [2.45, 2.75) is 32.4 Å². The Morgan fingerprint density at radius 3 is 3.00 bits per heavy atom. The molecule has 1 atom stereocenters. The fourth-order valence-corrected chi connectivity index (χ4v) is 1.79. The van der Waals surface area contributed by atoms with Crippen LogP contribution in [0.4, 0.5) is 0 Å². The first-order valence-corrected chi connectivity index (χ1v) is 5.52. The van der Waals surface area contributed by atoms with Gasteiger partial charge in [-0.05, 0) is 43.4 Å². The summed E-state index contributed by atoms with van der Waals surface area (Å²) >= 11 is 0. The van der Waals surface area contributed by atoms with Gasteiger partial charge in [0.25, 0.3) is 0 Å². The van der Waals surface area contributed by atoms with Crippen LogP contribution in [0.15, 0.2) is 24.3 Å². The molecule has 1 N–H and O–H groups in total. The maximum absolute atomic E-state index is 8.77. The molecular formula is C13H16N2. The molecule has 78 valence electrons. The molecule has 15 heavy (non-hydrogen) atoms. The van der Waals surface area contributed by atoms with E-state index in [1.54, 1.807) is 0 Å². The molecular weight excluding hydrogens is 184 g/mol. The Labute approximate surface area is 90.9 Å². The fourth-order valence-electron chi connectivity index (χ4n) is 1.79. The number of hydrogen-bond acceptors (Lipinski definition) is 2. The van der Waals surface area contributed by atoms with Gasteiger partial charge in [-0.3, -0.25) is 0 Å². The van der Waals surface area contributed by atoms with Crippen LogP contribution in [0.2, 0.25) is 0 Å². The highest BCUT2D eigenvalue weighted by Gasteiger charge is 2.27. The molecule has 1 fully saturated rings. The average molecular weight is 200 g/mol. The van der Waals surface area contributed by atoms with E-state index in [0.717, 1.165) is 18.0 Å². The molecule has 0 amide bonds. The highest BCUT2D eigenvalue weighted by Crippen LogP contribution is 2.32. The molecule has 1 aliphatic carbocycles. The van der Waals surface area contributed by atoms with Gasteiger partial charge in [-0.2, -0.15) is 5.26 Å². The lowest BCUT2D eigenvalue weighted by molar-refractivity contribution is 0.496. The summed E-state index contributed by atoms with van der Waals surface area (Å²) in [5, 5.41) is 12.3. The van der Waals surface area contributed by atoms with Crippen molar-refractivity contribution in [2.24, 2.45) is 5.92 Å². The predicted molar refractivity (Wildman–Crippen MR) is 60.2 cm³/mol. The van der Waals surface area contributed by atoms with Crippen molar-refractivity contribution in [3.8, 4) is 6.07 Å². The van der Waals surface area contributed by atoms with Crippen LogP contribution in [0.1, 0.15) is 30.9 Å². The van der Waals surface area contributed by atoms with Gasteiger partial charge in [0.05, 0.1) is 11.6 Å². The van der Waals surface area contributed by atoms with Crippen LogP contribution in [0, 0.1) is 17.2 Å². The van der Waals surface area contributed by atoms with Crippen LogP contribution in [0.5, 0.6) is 0 Å². The van der Waals surface area contributed by atoms with Gasteiger partial charge in [-0.25, -0.2) is 0 Å². The van der Waals surface area contributed by atoms with Crippen LogP contribution >= 0.6 is 0 Å². The van der Waals surface area contributed by atoms with E-state index in [0.29, 0.717) is 6.04 Å². The van der Waals surface area contributed by atoms with E-state index in [1.165, 1.54) is 18.4 Å². The van der Waals surface area contributed by atoms with Crippen LogP contribution in [0.3, 0.4) is 0 Å². The summed E-state index contributed by atoms with van der Waals surface area (Å²) in [5.41, 5.74) is 1.94. The first-order chi connectivity index (χ1) is 7.29. The lowest BCUT2D eigenvalue weighted by Gasteiger charge is -2.12. The van der Waals surface area contributed by atoms with Gasteiger partial charge in [0.2, 0.25) is 0 Å². The third-order valence-corrected chi connectivity index (χ3v) is 3.01. The molecule has 0 aliphatic heterocycles. The molecule has 2 heteroatoms. The second-order valence-electron chi connectivity index (χ2n) is 4.32. The number of nitrogens with zero attached hydrogens (tertiary/aromatic N) is 1. The third kappa shape index (κ3) is 2.81. The zero-order valence-electron chi connectivity index (χ0n) is 9.03. The smallest absolute Gasteiger partial charge is 0.0991 e. The molecule has 1 aromatic rings. The Morgan fingerprint density at radius 1 is 1.53 bits per heavy atom. The quantitative estimate of drug-likeness (QED) is 0.810.